The number of hydrogen-bond acceptors (Lipinski definition) is 5. The lowest BCUT2D eigenvalue weighted by Crippen LogP contribution is -2.10. The summed E-state index contributed by atoms with van der Waals surface area (Å²) in [5.41, 5.74) is 1.82. The maximum Gasteiger partial charge on any atom is 0.339 e. The Kier molecular flexibility index (Phi) is 3.65. The van der Waals surface area contributed by atoms with Gasteiger partial charge in [0.15, 0.2) is 5.78 Å². The van der Waals surface area contributed by atoms with Gasteiger partial charge >= 0.3 is 10.1 Å². The highest BCUT2D eigenvalue weighted by Crippen LogP contribution is 2.23. The fraction of sp³-hybridized carbons (Fsp3) is 0.125. The Morgan fingerprint density at radius 3 is 2.70 bits per heavy atom. The minimum atomic E-state index is -4.02. The second-order valence-corrected chi connectivity index (χ2v) is 6.67. The molecule has 2 aromatic carbocycles. The van der Waals surface area contributed by atoms with E-state index in [1.54, 1.807) is 30.6 Å². The SMILES string of the molecule is CC(=O)c1cccc(S(=O)(=O)Oc2ccc3c(c2)ncn3C)c1. The van der Waals surface area contributed by atoms with Crippen molar-refractivity contribution in [2.24, 2.45) is 7.05 Å². The number of benzene rings is 2. The Bertz CT molecular complexity index is 1010. The molecule has 0 saturated carbocycles. The zero-order chi connectivity index (χ0) is 16.6. The first kappa shape index (κ1) is 15.2. The van der Waals surface area contributed by atoms with E-state index < -0.39 is 10.1 Å². The van der Waals surface area contributed by atoms with Crippen LogP contribution in [0, 0.1) is 0 Å². The molecule has 3 aromatic rings. The molecule has 0 fully saturated rings. The summed E-state index contributed by atoms with van der Waals surface area (Å²) in [4.78, 5) is 15.5. The molecule has 1 heterocycles. The topological polar surface area (TPSA) is 78.3 Å². The van der Waals surface area contributed by atoms with Crippen LogP contribution in [0.1, 0.15) is 17.3 Å². The predicted molar refractivity (Wildman–Crippen MR) is 85.0 cm³/mol. The number of aryl methyl sites for hydroxylation is 1. The Balaban J connectivity index is 1.96. The molecule has 6 nitrogen and oxygen atoms in total. The lowest BCUT2D eigenvalue weighted by Gasteiger charge is -2.08. The average molecular weight is 330 g/mol. The van der Waals surface area contributed by atoms with Crippen LogP contribution in [0.4, 0.5) is 0 Å². The van der Waals surface area contributed by atoms with E-state index in [1.165, 1.54) is 25.1 Å². The van der Waals surface area contributed by atoms with Crippen LogP contribution in [0.2, 0.25) is 0 Å². The van der Waals surface area contributed by atoms with Gasteiger partial charge in [-0.1, -0.05) is 12.1 Å². The van der Waals surface area contributed by atoms with E-state index in [-0.39, 0.29) is 16.4 Å². The van der Waals surface area contributed by atoms with Gasteiger partial charge in [-0.05, 0) is 31.2 Å². The summed E-state index contributed by atoms with van der Waals surface area (Å²) in [6.45, 7) is 1.38. The van der Waals surface area contributed by atoms with Crippen LogP contribution in [0.5, 0.6) is 5.75 Å². The third-order valence-corrected chi connectivity index (χ3v) is 4.68. The van der Waals surface area contributed by atoms with Gasteiger partial charge in [-0.3, -0.25) is 4.79 Å². The Morgan fingerprint density at radius 2 is 1.96 bits per heavy atom. The van der Waals surface area contributed by atoms with Crippen molar-refractivity contribution < 1.29 is 17.4 Å². The molecular weight excluding hydrogens is 316 g/mol. The molecule has 3 rings (SSSR count). The molecular formula is C16H14N2O4S. The van der Waals surface area contributed by atoms with Crippen molar-refractivity contribution in [2.75, 3.05) is 0 Å². The maximum absolute atomic E-state index is 12.4. The molecule has 0 saturated heterocycles. The van der Waals surface area contributed by atoms with Gasteiger partial charge < -0.3 is 8.75 Å². The van der Waals surface area contributed by atoms with Gasteiger partial charge in [0, 0.05) is 18.7 Å². The molecule has 7 heteroatoms. The van der Waals surface area contributed by atoms with Crippen molar-refractivity contribution in [1.29, 1.82) is 0 Å². The molecule has 0 bridgehead atoms. The molecule has 0 N–H and O–H groups in total. The molecule has 0 aliphatic heterocycles. The van der Waals surface area contributed by atoms with Crippen molar-refractivity contribution in [3.8, 4) is 5.75 Å². The summed E-state index contributed by atoms with van der Waals surface area (Å²) in [6.07, 6.45) is 1.64. The highest BCUT2D eigenvalue weighted by Gasteiger charge is 2.18. The average Bonchev–Trinajstić information content (AvgIpc) is 2.88. The van der Waals surface area contributed by atoms with Gasteiger partial charge in [-0.15, -0.1) is 0 Å². The molecule has 0 unspecified atom stereocenters. The number of aromatic nitrogens is 2. The normalized spacial score (nSPS) is 11.6. The van der Waals surface area contributed by atoms with Gasteiger partial charge in [0.25, 0.3) is 0 Å². The molecule has 23 heavy (non-hydrogen) atoms. The first-order valence-electron chi connectivity index (χ1n) is 6.83. The van der Waals surface area contributed by atoms with Gasteiger partial charge in [0.2, 0.25) is 0 Å². The van der Waals surface area contributed by atoms with Gasteiger partial charge in [0.1, 0.15) is 10.6 Å². The first-order valence-corrected chi connectivity index (χ1v) is 8.24. The summed E-state index contributed by atoms with van der Waals surface area (Å²) in [6, 6.07) is 10.6. The summed E-state index contributed by atoms with van der Waals surface area (Å²) < 4.78 is 31.7. The Hall–Kier alpha value is -2.67. The molecule has 0 spiro atoms. The van der Waals surface area contributed by atoms with E-state index in [1.807, 2.05) is 11.6 Å². The molecule has 0 radical (unpaired) electrons. The molecule has 1 aromatic heterocycles. The number of Topliss-reactive ketones (excluding diaryl/α,β-unsaturated/α-hetero) is 1. The van der Waals surface area contributed by atoms with Crippen molar-refractivity contribution >= 4 is 26.9 Å². The Morgan fingerprint density at radius 1 is 1.17 bits per heavy atom. The van der Waals surface area contributed by atoms with E-state index in [0.717, 1.165) is 5.52 Å². The van der Waals surface area contributed by atoms with Crippen LogP contribution in [0.15, 0.2) is 53.7 Å². The second-order valence-electron chi connectivity index (χ2n) is 5.13. The molecule has 0 atom stereocenters. The number of imidazole rings is 1. The van der Waals surface area contributed by atoms with Crippen LogP contribution in [0.25, 0.3) is 11.0 Å². The summed E-state index contributed by atoms with van der Waals surface area (Å²) in [5.74, 6) is -0.0404. The van der Waals surface area contributed by atoms with E-state index in [4.69, 9.17) is 4.18 Å². The Labute approximate surface area is 133 Å². The van der Waals surface area contributed by atoms with E-state index in [2.05, 4.69) is 4.98 Å². The van der Waals surface area contributed by atoms with Crippen LogP contribution in [-0.2, 0) is 17.2 Å². The summed E-state index contributed by atoms with van der Waals surface area (Å²) >= 11 is 0. The van der Waals surface area contributed by atoms with Crippen molar-refractivity contribution in [2.45, 2.75) is 11.8 Å². The monoisotopic (exact) mass is 330 g/mol. The summed E-state index contributed by atoms with van der Waals surface area (Å²) in [7, 11) is -2.17. The number of fused-ring (bicyclic) bond motifs is 1. The van der Waals surface area contributed by atoms with Gasteiger partial charge in [-0.2, -0.15) is 8.42 Å². The fourth-order valence-electron chi connectivity index (χ4n) is 2.21. The largest absolute Gasteiger partial charge is 0.379 e. The lowest BCUT2D eigenvalue weighted by atomic mass is 10.2. The van der Waals surface area contributed by atoms with Gasteiger partial charge in [0.05, 0.1) is 17.4 Å². The molecule has 118 valence electrons. The first-order chi connectivity index (χ1) is 10.9. The number of nitrogens with zero attached hydrogens (tertiary/aromatic N) is 2. The number of carbonyl (C=O) groups is 1. The highest BCUT2D eigenvalue weighted by atomic mass is 32.2. The quantitative estimate of drug-likeness (QED) is 0.542. The number of hydrogen-bond donors (Lipinski definition) is 0. The molecule has 0 aliphatic rings. The third-order valence-electron chi connectivity index (χ3n) is 3.43. The second kappa shape index (κ2) is 5.51. The van der Waals surface area contributed by atoms with E-state index in [9.17, 15) is 13.2 Å². The predicted octanol–water partition coefficient (Wildman–Crippen LogP) is 2.54. The van der Waals surface area contributed by atoms with Crippen LogP contribution in [0.3, 0.4) is 0 Å². The molecule has 0 aliphatic carbocycles. The van der Waals surface area contributed by atoms with Crippen molar-refractivity contribution in [1.82, 2.24) is 9.55 Å². The smallest absolute Gasteiger partial charge is 0.339 e. The third kappa shape index (κ3) is 2.95. The number of carbonyl (C=O) groups excluding carboxylic acids is 1. The van der Waals surface area contributed by atoms with Crippen LogP contribution >= 0.6 is 0 Å². The number of ketones is 1. The minimum absolute atomic E-state index is 0.0636. The van der Waals surface area contributed by atoms with Gasteiger partial charge in [-0.25, -0.2) is 4.98 Å². The summed E-state index contributed by atoms with van der Waals surface area (Å²) in [5, 5.41) is 0. The van der Waals surface area contributed by atoms with Crippen molar-refractivity contribution in [3.05, 3.63) is 54.4 Å². The standard InChI is InChI=1S/C16H14N2O4S/c1-11(19)12-4-3-5-14(8-12)23(20,21)22-13-6-7-16-15(9-13)17-10-18(16)2/h3-10H,1-2H3. The minimum Gasteiger partial charge on any atom is -0.379 e. The molecule has 0 amide bonds. The van der Waals surface area contributed by atoms with Crippen LogP contribution < -0.4 is 4.18 Å². The van der Waals surface area contributed by atoms with E-state index in [0.29, 0.717) is 11.1 Å². The van der Waals surface area contributed by atoms with E-state index >= 15 is 0 Å². The fourth-order valence-corrected chi connectivity index (χ4v) is 3.18. The van der Waals surface area contributed by atoms with Crippen molar-refractivity contribution in [3.63, 3.8) is 0 Å². The highest BCUT2D eigenvalue weighted by molar-refractivity contribution is 7.87. The lowest BCUT2D eigenvalue weighted by molar-refractivity contribution is 0.101. The zero-order valence-electron chi connectivity index (χ0n) is 12.6. The zero-order valence-corrected chi connectivity index (χ0v) is 13.4. The number of rotatable bonds is 4. The maximum atomic E-state index is 12.4. The van der Waals surface area contributed by atoms with Crippen LogP contribution in [-0.4, -0.2) is 23.8 Å².